The van der Waals surface area contributed by atoms with E-state index < -0.39 is 0 Å². The SMILES string of the molecule is CCOc1c(/C(C)=C/C(=O)N2CCC(C)CC2)cc2c(-c3ccc4ccccc4c3)coc2c1C. The minimum Gasteiger partial charge on any atom is -0.493 e. The van der Waals surface area contributed by atoms with E-state index in [1.54, 1.807) is 6.08 Å². The lowest BCUT2D eigenvalue weighted by atomic mass is 9.95. The van der Waals surface area contributed by atoms with Crippen molar-refractivity contribution in [2.75, 3.05) is 19.7 Å². The van der Waals surface area contributed by atoms with Gasteiger partial charge >= 0.3 is 0 Å². The number of piperidine rings is 1. The first kappa shape index (κ1) is 23.2. The van der Waals surface area contributed by atoms with Crippen molar-refractivity contribution in [3.8, 4) is 16.9 Å². The zero-order valence-corrected chi connectivity index (χ0v) is 21.1. The summed E-state index contributed by atoms with van der Waals surface area (Å²) in [6.07, 6.45) is 5.74. The Hall–Kier alpha value is -3.53. The van der Waals surface area contributed by atoms with Crippen LogP contribution in [0.2, 0.25) is 0 Å². The number of aryl methyl sites for hydroxylation is 1. The van der Waals surface area contributed by atoms with Gasteiger partial charge in [-0.15, -0.1) is 0 Å². The van der Waals surface area contributed by atoms with Gasteiger partial charge in [-0.25, -0.2) is 0 Å². The number of nitrogens with zero attached hydrogens (tertiary/aromatic N) is 1. The van der Waals surface area contributed by atoms with Crippen molar-refractivity contribution in [2.45, 2.75) is 40.5 Å². The molecule has 4 aromatic rings. The monoisotopic (exact) mass is 467 g/mol. The summed E-state index contributed by atoms with van der Waals surface area (Å²) in [5.74, 6) is 1.55. The predicted octanol–water partition coefficient (Wildman–Crippen LogP) is 7.62. The van der Waals surface area contributed by atoms with Gasteiger partial charge in [0.25, 0.3) is 0 Å². The van der Waals surface area contributed by atoms with Gasteiger partial charge in [0.15, 0.2) is 0 Å². The van der Waals surface area contributed by atoms with Crippen LogP contribution in [-0.4, -0.2) is 30.5 Å². The summed E-state index contributed by atoms with van der Waals surface area (Å²) in [5.41, 5.74) is 5.79. The van der Waals surface area contributed by atoms with Crippen LogP contribution in [-0.2, 0) is 4.79 Å². The number of fused-ring (bicyclic) bond motifs is 2. The molecule has 0 unspecified atom stereocenters. The first-order valence-electron chi connectivity index (χ1n) is 12.6. The molecular formula is C31H33NO3. The molecule has 1 fully saturated rings. The van der Waals surface area contributed by atoms with E-state index in [4.69, 9.17) is 9.15 Å². The Labute approximate surface area is 207 Å². The molecule has 0 bridgehead atoms. The third-order valence-electron chi connectivity index (χ3n) is 7.25. The van der Waals surface area contributed by atoms with E-state index in [1.807, 2.05) is 31.9 Å². The average Bonchev–Trinajstić information content (AvgIpc) is 3.30. The minimum absolute atomic E-state index is 0.0801. The highest BCUT2D eigenvalue weighted by atomic mass is 16.5. The molecule has 0 spiro atoms. The first-order chi connectivity index (χ1) is 17.0. The molecule has 5 rings (SSSR count). The van der Waals surface area contributed by atoms with Crippen molar-refractivity contribution < 1.29 is 13.9 Å². The molecule has 180 valence electrons. The van der Waals surface area contributed by atoms with E-state index in [-0.39, 0.29) is 5.91 Å². The molecule has 1 aliphatic rings. The molecule has 4 heteroatoms. The Bertz CT molecular complexity index is 1420. The number of rotatable bonds is 5. The van der Waals surface area contributed by atoms with Crippen molar-refractivity contribution in [1.29, 1.82) is 0 Å². The summed E-state index contributed by atoms with van der Waals surface area (Å²) in [7, 11) is 0. The summed E-state index contributed by atoms with van der Waals surface area (Å²) in [6, 6.07) is 17.0. The fourth-order valence-corrected chi connectivity index (χ4v) is 5.10. The zero-order chi connectivity index (χ0) is 24.5. The maximum atomic E-state index is 13.1. The summed E-state index contributed by atoms with van der Waals surface area (Å²) >= 11 is 0. The van der Waals surface area contributed by atoms with Gasteiger partial charge in [0.1, 0.15) is 11.3 Å². The second-order valence-corrected chi connectivity index (χ2v) is 9.73. The normalized spacial score (nSPS) is 15.2. The maximum Gasteiger partial charge on any atom is 0.246 e. The average molecular weight is 468 g/mol. The van der Waals surface area contributed by atoms with Crippen molar-refractivity contribution in [2.24, 2.45) is 5.92 Å². The van der Waals surface area contributed by atoms with E-state index >= 15 is 0 Å². The number of ether oxygens (including phenoxy) is 1. The van der Waals surface area contributed by atoms with Gasteiger partial charge in [-0.2, -0.15) is 0 Å². The highest BCUT2D eigenvalue weighted by Crippen LogP contribution is 2.41. The van der Waals surface area contributed by atoms with Crippen LogP contribution in [0.1, 0.15) is 44.7 Å². The molecule has 3 aromatic carbocycles. The number of likely N-dealkylation sites (tertiary alicyclic amines) is 1. The summed E-state index contributed by atoms with van der Waals surface area (Å²) in [5, 5.41) is 3.44. The van der Waals surface area contributed by atoms with Gasteiger partial charge in [0, 0.05) is 41.2 Å². The maximum absolute atomic E-state index is 13.1. The van der Waals surface area contributed by atoms with Crippen LogP contribution in [0.5, 0.6) is 5.75 Å². The minimum atomic E-state index is 0.0801. The number of carbonyl (C=O) groups excluding carboxylic acids is 1. The van der Waals surface area contributed by atoms with Gasteiger partial charge in [0.05, 0.1) is 12.9 Å². The van der Waals surface area contributed by atoms with Crippen LogP contribution >= 0.6 is 0 Å². The molecule has 4 nitrogen and oxygen atoms in total. The summed E-state index contributed by atoms with van der Waals surface area (Å²) in [6.45, 7) is 10.5. The number of hydrogen-bond acceptors (Lipinski definition) is 3. The van der Waals surface area contributed by atoms with E-state index in [2.05, 4.69) is 55.5 Å². The highest BCUT2D eigenvalue weighted by molar-refractivity contribution is 6.02. The number of carbonyl (C=O) groups is 1. The largest absolute Gasteiger partial charge is 0.493 e. The van der Waals surface area contributed by atoms with E-state index in [0.717, 1.165) is 70.5 Å². The van der Waals surface area contributed by atoms with Gasteiger partial charge in [-0.3, -0.25) is 4.79 Å². The molecule has 0 radical (unpaired) electrons. The van der Waals surface area contributed by atoms with Crippen molar-refractivity contribution in [3.63, 3.8) is 0 Å². The molecule has 0 atom stereocenters. The molecule has 1 aliphatic heterocycles. The van der Waals surface area contributed by atoms with E-state index in [9.17, 15) is 4.79 Å². The molecule has 1 amide bonds. The van der Waals surface area contributed by atoms with Gasteiger partial charge < -0.3 is 14.1 Å². The third kappa shape index (κ3) is 4.45. The lowest BCUT2D eigenvalue weighted by Crippen LogP contribution is -2.36. The Morgan fingerprint density at radius 1 is 1.11 bits per heavy atom. The molecule has 35 heavy (non-hydrogen) atoms. The molecule has 1 saturated heterocycles. The highest BCUT2D eigenvalue weighted by Gasteiger charge is 2.22. The lowest BCUT2D eigenvalue weighted by Gasteiger charge is -2.29. The quantitative estimate of drug-likeness (QED) is 0.284. The van der Waals surface area contributed by atoms with Crippen molar-refractivity contribution >= 4 is 33.2 Å². The smallest absolute Gasteiger partial charge is 0.246 e. The van der Waals surface area contributed by atoms with E-state index in [1.165, 1.54) is 10.8 Å². The number of amides is 1. The molecule has 0 N–H and O–H groups in total. The van der Waals surface area contributed by atoms with Gasteiger partial charge in [-0.1, -0.05) is 43.3 Å². The predicted molar refractivity (Wildman–Crippen MR) is 144 cm³/mol. The Morgan fingerprint density at radius 2 is 1.86 bits per heavy atom. The number of furan rings is 1. The van der Waals surface area contributed by atoms with Gasteiger partial charge in [0.2, 0.25) is 5.91 Å². The zero-order valence-electron chi connectivity index (χ0n) is 21.1. The van der Waals surface area contributed by atoms with Crippen LogP contribution in [0, 0.1) is 12.8 Å². The van der Waals surface area contributed by atoms with Crippen LogP contribution in [0.3, 0.4) is 0 Å². The second kappa shape index (κ2) is 9.61. The van der Waals surface area contributed by atoms with Crippen molar-refractivity contribution in [1.82, 2.24) is 4.90 Å². The standard InChI is InChI=1S/C31H33NO3/c1-5-34-30-22(4)31-27(18-26(30)21(3)16-29(33)32-14-12-20(2)13-15-32)28(19-35-31)25-11-10-23-8-6-7-9-24(23)17-25/h6-11,16-20H,5,12-15H2,1-4H3/b21-16+. The fourth-order valence-electron chi connectivity index (χ4n) is 5.10. The van der Waals surface area contributed by atoms with E-state index in [0.29, 0.717) is 12.5 Å². The summed E-state index contributed by atoms with van der Waals surface area (Å²) in [4.78, 5) is 15.0. The lowest BCUT2D eigenvalue weighted by molar-refractivity contribution is -0.127. The molecule has 0 saturated carbocycles. The molecule has 1 aromatic heterocycles. The summed E-state index contributed by atoms with van der Waals surface area (Å²) < 4.78 is 12.2. The Kier molecular flexibility index (Phi) is 6.38. The topological polar surface area (TPSA) is 42.7 Å². The third-order valence-corrected chi connectivity index (χ3v) is 7.25. The Morgan fingerprint density at radius 3 is 2.60 bits per heavy atom. The van der Waals surface area contributed by atoms with Crippen LogP contribution in [0.15, 0.2) is 65.3 Å². The Balaban J connectivity index is 1.59. The second-order valence-electron chi connectivity index (χ2n) is 9.73. The molecule has 0 aliphatic carbocycles. The number of benzene rings is 3. The molecular weight excluding hydrogens is 434 g/mol. The molecule has 2 heterocycles. The van der Waals surface area contributed by atoms with Gasteiger partial charge in [-0.05, 0) is 73.6 Å². The first-order valence-corrected chi connectivity index (χ1v) is 12.6. The van der Waals surface area contributed by atoms with Crippen LogP contribution in [0.4, 0.5) is 0 Å². The number of allylic oxidation sites excluding steroid dienone is 1. The van der Waals surface area contributed by atoms with Crippen LogP contribution < -0.4 is 4.74 Å². The van der Waals surface area contributed by atoms with Crippen molar-refractivity contribution in [3.05, 3.63) is 72.0 Å². The fraction of sp³-hybridized carbons (Fsp3) is 0.323. The number of hydrogen-bond donors (Lipinski definition) is 0. The van der Waals surface area contributed by atoms with Crippen LogP contribution in [0.25, 0.3) is 38.4 Å².